The zero-order chi connectivity index (χ0) is 9.84. The van der Waals surface area contributed by atoms with Gasteiger partial charge in [-0.05, 0) is 19.1 Å². The Hall–Kier alpha value is -0.650. The Balaban J connectivity index is 2.85. The van der Waals surface area contributed by atoms with Crippen LogP contribution >= 0.6 is 12.2 Å². The lowest BCUT2D eigenvalue weighted by Crippen LogP contribution is -2.16. The number of rotatable bonds is 4. The predicted octanol–water partition coefficient (Wildman–Crippen LogP) is 1.07. The molecule has 0 aliphatic heterocycles. The molecule has 0 fully saturated rings. The average Bonchev–Trinajstić information content (AvgIpc) is 2.48. The molecule has 13 heavy (non-hydrogen) atoms. The fourth-order valence-electron chi connectivity index (χ4n) is 1.09. The number of aliphatic hydroxyl groups is 1. The van der Waals surface area contributed by atoms with Gasteiger partial charge in [0.1, 0.15) is 0 Å². The fraction of sp³-hybridized carbons (Fsp3) is 0.625. The lowest BCUT2D eigenvalue weighted by molar-refractivity contribution is 0.101. The maximum atomic E-state index is 8.99. The predicted molar refractivity (Wildman–Crippen MR) is 52.0 cm³/mol. The van der Waals surface area contributed by atoms with E-state index in [0.717, 1.165) is 5.69 Å². The van der Waals surface area contributed by atoms with Crippen molar-refractivity contribution in [2.24, 2.45) is 0 Å². The highest BCUT2D eigenvalue weighted by molar-refractivity contribution is 7.71. The molecule has 0 saturated heterocycles. The van der Waals surface area contributed by atoms with E-state index >= 15 is 0 Å². The number of H-pyrrole nitrogens is 1. The smallest absolute Gasteiger partial charge is 0.177 e. The first kappa shape index (κ1) is 10.4. The minimum atomic E-state index is -0.0103. The molecule has 0 aromatic carbocycles. The van der Waals surface area contributed by atoms with Gasteiger partial charge in [0, 0.05) is 13.3 Å². The van der Waals surface area contributed by atoms with E-state index in [1.165, 1.54) is 0 Å². The third kappa shape index (κ3) is 2.40. The Morgan fingerprint density at radius 3 is 3.00 bits per heavy atom. The number of hydrogen-bond acceptors (Lipinski definition) is 3. The SMILES string of the molecule is COC(C)Cn1c(CO)c[nH]c1=S. The highest BCUT2D eigenvalue weighted by atomic mass is 32.1. The summed E-state index contributed by atoms with van der Waals surface area (Å²) in [4.78, 5) is 2.88. The molecule has 0 aliphatic carbocycles. The maximum absolute atomic E-state index is 8.99. The minimum Gasteiger partial charge on any atom is -0.390 e. The van der Waals surface area contributed by atoms with Crippen molar-refractivity contribution in [1.82, 2.24) is 9.55 Å². The first-order valence-corrected chi connectivity index (χ1v) is 4.50. The number of nitrogens with zero attached hydrogens (tertiary/aromatic N) is 1. The van der Waals surface area contributed by atoms with Gasteiger partial charge >= 0.3 is 0 Å². The van der Waals surface area contributed by atoms with Crippen LogP contribution in [0.25, 0.3) is 0 Å². The molecule has 1 heterocycles. The Labute approximate surface area is 82.2 Å². The highest BCUT2D eigenvalue weighted by Crippen LogP contribution is 2.04. The summed E-state index contributed by atoms with van der Waals surface area (Å²) < 4.78 is 7.57. The number of imidazole rings is 1. The summed E-state index contributed by atoms with van der Waals surface area (Å²) in [5, 5.41) is 8.99. The number of aromatic nitrogens is 2. The summed E-state index contributed by atoms with van der Waals surface area (Å²) in [6, 6.07) is 0. The monoisotopic (exact) mass is 202 g/mol. The third-order valence-electron chi connectivity index (χ3n) is 1.96. The Bertz CT molecular complexity index is 318. The van der Waals surface area contributed by atoms with Gasteiger partial charge in [0.15, 0.2) is 4.77 Å². The van der Waals surface area contributed by atoms with Gasteiger partial charge in [0.2, 0.25) is 0 Å². The molecule has 0 radical (unpaired) electrons. The van der Waals surface area contributed by atoms with Crippen LogP contribution in [0.5, 0.6) is 0 Å². The summed E-state index contributed by atoms with van der Waals surface area (Å²) in [6.45, 7) is 2.61. The van der Waals surface area contributed by atoms with Crippen LogP contribution in [0, 0.1) is 4.77 Å². The van der Waals surface area contributed by atoms with E-state index in [0.29, 0.717) is 11.3 Å². The van der Waals surface area contributed by atoms with Gasteiger partial charge in [0.05, 0.1) is 24.9 Å². The maximum Gasteiger partial charge on any atom is 0.177 e. The van der Waals surface area contributed by atoms with Crippen molar-refractivity contribution in [2.45, 2.75) is 26.2 Å². The largest absolute Gasteiger partial charge is 0.390 e. The van der Waals surface area contributed by atoms with Crippen LogP contribution in [0.4, 0.5) is 0 Å². The van der Waals surface area contributed by atoms with E-state index in [1.807, 2.05) is 11.5 Å². The van der Waals surface area contributed by atoms with E-state index in [-0.39, 0.29) is 12.7 Å². The second-order valence-corrected chi connectivity index (χ2v) is 3.29. The van der Waals surface area contributed by atoms with E-state index in [4.69, 9.17) is 22.1 Å². The Morgan fingerprint density at radius 2 is 2.46 bits per heavy atom. The van der Waals surface area contributed by atoms with Crippen molar-refractivity contribution in [3.05, 3.63) is 16.7 Å². The van der Waals surface area contributed by atoms with Gasteiger partial charge in [-0.25, -0.2) is 0 Å². The van der Waals surface area contributed by atoms with Crippen LogP contribution in [0.3, 0.4) is 0 Å². The second kappa shape index (κ2) is 4.55. The van der Waals surface area contributed by atoms with Gasteiger partial charge in [-0.1, -0.05) is 0 Å². The zero-order valence-electron chi connectivity index (χ0n) is 7.78. The summed E-state index contributed by atoms with van der Waals surface area (Å²) in [5.41, 5.74) is 0.786. The molecular weight excluding hydrogens is 188 g/mol. The van der Waals surface area contributed by atoms with E-state index in [2.05, 4.69) is 4.98 Å². The fourth-order valence-corrected chi connectivity index (χ4v) is 1.34. The van der Waals surface area contributed by atoms with Crippen molar-refractivity contribution in [3.8, 4) is 0 Å². The molecule has 0 amide bonds. The molecule has 1 aromatic rings. The van der Waals surface area contributed by atoms with E-state index in [9.17, 15) is 0 Å². The molecule has 74 valence electrons. The van der Waals surface area contributed by atoms with Crippen LogP contribution in [0.2, 0.25) is 0 Å². The van der Waals surface area contributed by atoms with E-state index < -0.39 is 0 Å². The van der Waals surface area contributed by atoms with Gasteiger partial charge < -0.3 is 19.4 Å². The molecule has 5 heteroatoms. The van der Waals surface area contributed by atoms with Crippen LogP contribution < -0.4 is 0 Å². The molecule has 0 spiro atoms. The average molecular weight is 202 g/mol. The standard InChI is InChI=1S/C8H14N2O2S/c1-6(12-2)4-10-7(5-11)3-9-8(10)13/h3,6,11H,4-5H2,1-2H3,(H,9,13). The highest BCUT2D eigenvalue weighted by Gasteiger charge is 2.06. The molecular formula is C8H14N2O2S. The van der Waals surface area contributed by atoms with Crippen molar-refractivity contribution >= 4 is 12.2 Å². The van der Waals surface area contributed by atoms with Crippen molar-refractivity contribution in [1.29, 1.82) is 0 Å². The molecule has 1 aromatic heterocycles. The number of aliphatic hydroxyl groups excluding tert-OH is 1. The number of methoxy groups -OCH3 is 1. The lowest BCUT2D eigenvalue weighted by atomic mass is 10.4. The van der Waals surface area contributed by atoms with E-state index in [1.54, 1.807) is 13.3 Å². The van der Waals surface area contributed by atoms with Gasteiger partial charge in [-0.3, -0.25) is 0 Å². The topological polar surface area (TPSA) is 50.2 Å². The van der Waals surface area contributed by atoms with Crippen LogP contribution in [-0.2, 0) is 17.9 Å². The first-order chi connectivity index (χ1) is 6.19. The Morgan fingerprint density at radius 1 is 1.77 bits per heavy atom. The first-order valence-electron chi connectivity index (χ1n) is 4.09. The summed E-state index contributed by atoms with van der Waals surface area (Å²) in [7, 11) is 1.65. The molecule has 1 atom stereocenters. The quantitative estimate of drug-likeness (QED) is 0.718. The number of aromatic amines is 1. The molecule has 1 unspecified atom stereocenters. The number of hydrogen-bond donors (Lipinski definition) is 2. The summed E-state index contributed by atoms with van der Waals surface area (Å²) in [5.74, 6) is 0. The normalized spacial score (nSPS) is 13.2. The molecule has 0 bridgehead atoms. The van der Waals surface area contributed by atoms with Crippen molar-refractivity contribution in [3.63, 3.8) is 0 Å². The minimum absolute atomic E-state index is 0.0103. The van der Waals surface area contributed by atoms with Gasteiger partial charge in [-0.15, -0.1) is 0 Å². The summed E-state index contributed by atoms with van der Waals surface area (Å²) >= 11 is 5.05. The number of ether oxygens (including phenoxy) is 1. The van der Waals surface area contributed by atoms with Gasteiger partial charge in [0.25, 0.3) is 0 Å². The van der Waals surface area contributed by atoms with Gasteiger partial charge in [-0.2, -0.15) is 0 Å². The molecule has 0 aliphatic rings. The number of nitrogens with one attached hydrogen (secondary N) is 1. The molecule has 4 nitrogen and oxygen atoms in total. The molecule has 1 rings (SSSR count). The molecule has 2 N–H and O–H groups in total. The molecule has 0 saturated carbocycles. The second-order valence-electron chi connectivity index (χ2n) is 2.90. The Kier molecular flexibility index (Phi) is 3.65. The summed E-state index contributed by atoms with van der Waals surface area (Å²) in [6.07, 6.45) is 1.80. The van der Waals surface area contributed by atoms with Crippen molar-refractivity contribution in [2.75, 3.05) is 7.11 Å². The zero-order valence-corrected chi connectivity index (χ0v) is 8.60. The van der Waals surface area contributed by atoms with Crippen LogP contribution in [0.15, 0.2) is 6.20 Å². The van der Waals surface area contributed by atoms with Crippen LogP contribution in [0.1, 0.15) is 12.6 Å². The van der Waals surface area contributed by atoms with Crippen molar-refractivity contribution < 1.29 is 9.84 Å². The van der Waals surface area contributed by atoms with Crippen LogP contribution in [-0.4, -0.2) is 27.9 Å². The lowest BCUT2D eigenvalue weighted by Gasteiger charge is -2.11. The third-order valence-corrected chi connectivity index (χ3v) is 2.30.